The summed E-state index contributed by atoms with van der Waals surface area (Å²) in [5.74, 6) is 0.707. The molecule has 188 valence electrons. The summed E-state index contributed by atoms with van der Waals surface area (Å²) in [6, 6.07) is 19.7. The topological polar surface area (TPSA) is 108 Å². The minimum atomic E-state index is -0.362. The number of nitrogens with zero attached hydrogens (tertiary/aromatic N) is 1. The summed E-state index contributed by atoms with van der Waals surface area (Å²) in [5, 5.41) is 5.66. The molecule has 36 heavy (non-hydrogen) atoms. The fraction of sp³-hybridized carbons (Fsp3) is 0.296. The van der Waals surface area contributed by atoms with Crippen molar-refractivity contribution in [3.05, 3.63) is 89.2 Å². The third-order valence-electron chi connectivity index (χ3n) is 5.33. The number of carbonyl (C=O) groups is 2. The van der Waals surface area contributed by atoms with Crippen LogP contribution in [0.5, 0.6) is 11.5 Å². The van der Waals surface area contributed by atoms with E-state index in [0.717, 1.165) is 11.1 Å². The second-order valence-electron chi connectivity index (χ2n) is 7.98. The Bertz CT molecular complexity index is 1050. The second kappa shape index (κ2) is 13.2. The van der Waals surface area contributed by atoms with E-state index >= 15 is 0 Å². The van der Waals surface area contributed by atoms with Crippen LogP contribution in [0.15, 0.2) is 66.7 Å². The van der Waals surface area contributed by atoms with Gasteiger partial charge in [0.2, 0.25) is 0 Å². The van der Waals surface area contributed by atoms with Gasteiger partial charge in [0, 0.05) is 13.1 Å². The van der Waals surface area contributed by atoms with Crippen molar-refractivity contribution < 1.29 is 28.5 Å². The number of carbonyl (C=O) groups excluding carboxylic acids is 2. The highest BCUT2D eigenvalue weighted by Gasteiger charge is 2.12. The molecule has 3 aromatic rings. The van der Waals surface area contributed by atoms with Crippen molar-refractivity contribution >= 4 is 11.8 Å². The lowest BCUT2D eigenvalue weighted by molar-refractivity contribution is 0.0273. The van der Waals surface area contributed by atoms with Gasteiger partial charge in [0.25, 0.3) is 11.8 Å². The van der Waals surface area contributed by atoms with Crippen LogP contribution in [-0.2, 0) is 22.6 Å². The molecule has 0 saturated carbocycles. The van der Waals surface area contributed by atoms with Gasteiger partial charge in [-0.3, -0.25) is 9.59 Å². The van der Waals surface area contributed by atoms with Crippen LogP contribution in [0.2, 0.25) is 0 Å². The fourth-order valence-corrected chi connectivity index (χ4v) is 3.40. The number of pyridine rings is 1. The van der Waals surface area contributed by atoms with Crippen LogP contribution in [0, 0.1) is 0 Å². The van der Waals surface area contributed by atoms with Crippen molar-refractivity contribution in [2.45, 2.75) is 13.1 Å². The van der Waals surface area contributed by atoms with Crippen molar-refractivity contribution in [1.82, 2.24) is 15.6 Å². The Kier molecular flexibility index (Phi) is 9.24. The molecule has 9 heteroatoms. The molecule has 2 amide bonds. The average molecular weight is 492 g/mol. The maximum absolute atomic E-state index is 12.6. The molecule has 4 aliphatic heterocycles. The van der Waals surface area contributed by atoms with E-state index in [2.05, 4.69) is 15.6 Å². The van der Waals surface area contributed by atoms with Crippen LogP contribution in [0.4, 0.5) is 0 Å². The summed E-state index contributed by atoms with van der Waals surface area (Å²) in [6.07, 6.45) is 0. The molecule has 4 aliphatic rings. The number of hydrogen-bond donors (Lipinski definition) is 2. The standard InChI is InChI=1S/C27H29N3O6/c31-26-24-2-1-3-25(30-24)27(32)29-19-21-6-10-23(11-7-21)36-17-15-34-13-12-33-14-16-35-22-8-4-20(5-9-22)18-28-26/h1-11H,12-19H2,(H,28,31)(H,29,32). The molecule has 0 spiro atoms. The third-order valence-corrected chi connectivity index (χ3v) is 5.33. The van der Waals surface area contributed by atoms with Crippen LogP contribution in [0.3, 0.4) is 0 Å². The fourth-order valence-electron chi connectivity index (χ4n) is 3.40. The molecule has 0 aliphatic carbocycles. The lowest BCUT2D eigenvalue weighted by Crippen LogP contribution is -2.27. The first kappa shape index (κ1) is 25.2. The lowest BCUT2D eigenvalue weighted by Gasteiger charge is -2.10. The van der Waals surface area contributed by atoms with Crippen molar-refractivity contribution in [2.24, 2.45) is 0 Å². The van der Waals surface area contributed by atoms with Gasteiger partial charge in [-0.05, 0) is 47.5 Å². The highest BCUT2D eigenvalue weighted by Crippen LogP contribution is 2.13. The van der Waals surface area contributed by atoms with E-state index in [1.807, 2.05) is 48.5 Å². The van der Waals surface area contributed by atoms with E-state index in [4.69, 9.17) is 18.9 Å². The van der Waals surface area contributed by atoms with Crippen LogP contribution in [-0.4, -0.2) is 56.4 Å². The molecule has 0 atom stereocenters. The van der Waals surface area contributed by atoms with Crippen LogP contribution >= 0.6 is 0 Å². The first-order valence-electron chi connectivity index (χ1n) is 11.8. The van der Waals surface area contributed by atoms with Crippen LogP contribution in [0.1, 0.15) is 32.1 Å². The molecule has 0 saturated heterocycles. The Labute approximate surface area is 209 Å². The maximum atomic E-state index is 12.6. The van der Waals surface area contributed by atoms with E-state index < -0.39 is 0 Å². The van der Waals surface area contributed by atoms with Crippen molar-refractivity contribution in [2.75, 3.05) is 39.6 Å². The molecule has 7 rings (SSSR count). The zero-order valence-corrected chi connectivity index (χ0v) is 19.9. The maximum Gasteiger partial charge on any atom is 0.270 e. The molecular formula is C27H29N3O6. The van der Waals surface area contributed by atoms with Gasteiger partial charge in [-0.25, -0.2) is 4.98 Å². The van der Waals surface area contributed by atoms with Crippen molar-refractivity contribution in [1.29, 1.82) is 0 Å². The van der Waals surface area contributed by atoms with Gasteiger partial charge in [-0.15, -0.1) is 0 Å². The minimum absolute atomic E-state index is 0.172. The molecule has 0 unspecified atom stereocenters. The monoisotopic (exact) mass is 491 g/mol. The predicted molar refractivity (Wildman–Crippen MR) is 132 cm³/mol. The largest absolute Gasteiger partial charge is 0.491 e. The highest BCUT2D eigenvalue weighted by molar-refractivity contribution is 5.96. The van der Waals surface area contributed by atoms with E-state index in [9.17, 15) is 9.59 Å². The van der Waals surface area contributed by atoms with Crippen molar-refractivity contribution in [3.8, 4) is 11.5 Å². The quantitative estimate of drug-likeness (QED) is 0.498. The smallest absolute Gasteiger partial charge is 0.270 e. The van der Waals surface area contributed by atoms with Crippen LogP contribution in [0.25, 0.3) is 0 Å². The molecule has 6 bridgehead atoms. The van der Waals surface area contributed by atoms with E-state index in [1.54, 1.807) is 18.2 Å². The molecule has 0 radical (unpaired) electrons. The lowest BCUT2D eigenvalue weighted by atomic mass is 10.2. The highest BCUT2D eigenvalue weighted by atomic mass is 16.6. The first-order chi connectivity index (χ1) is 17.7. The Hall–Kier alpha value is -3.95. The predicted octanol–water partition coefficient (Wildman–Crippen LogP) is 2.75. The number of ether oxygens (including phenoxy) is 4. The van der Waals surface area contributed by atoms with Crippen molar-refractivity contribution in [3.63, 3.8) is 0 Å². The van der Waals surface area contributed by atoms with E-state index in [-0.39, 0.29) is 23.2 Å². The zero-order chi connectivity index (χ0) is 25.0. The van der Waals surface area contributed by atoms with E-state index in [0.29, 0.717) is 64.2 Å². The summed E-state index contributed by atoms with van der Waals surface area (Å²) in [6.45, 7) is 3.33. The SMILES string of the molecule is O=C1NCc2ccc(cc2)OCCOCCOCCOc2ccc(cc2)CNC(=O)c2cccc1n2. The molecule has 5 heterocycles. The average Bonchev–Trinajstić information content (AvgIpc) is 2.92. The first-order valence-corrected chi connectivity index (χ1v) is 11.8. The van der Waals surface area contributed by atoms with Crippen LogP contribution < -0.4 is 20.1 Å². The Morgan fingerprint density at radius 1 is 0.556 bits per heavy atom. The summed E-state index contributed by atoms with van der Waals surface area (Å²) < 4.78 is 22.4. The molecule has 2 aromatic carbocycles. The number of benzene rings is 2. The van der Waals surface area contributed by atoms with Gasteiger partial charge < -0.3 is 29.6 Å². The second-order valence-corrected chi connectivity index (χ2v) is 7.98. The number of amides is 2. The van der Waals surface area contributed by atoms with Gasteiger partial charge in [-0.2, -0.15) is 0 Å². The third kappa shape index (κ3) is 7.79. The number of rotatable bonds is 0. The summed E-state index contributed by atoms with van der Waals surface area (Å²) in [5.41, 5.74) is 2.16. The minimum Gasteiger partial charge on any atom is -0.491 e. The molecule has 1 aromatic heterocycles. The number of hydrogen-bond acceptors (Lipinski definition) is 7. The number of nitrogens with one attached hydrogen (secondary N) is 2. The molecular weight excluding hydrogens is 462 g/mol. The summed E-state index contributed by atoms with van der Waals surface area (Å²) >= 11 is 0. The Balaban J connectivity index is 1.40. The zero-order valence-electron chi connectivity index (χ0n) is 19.9. The van der Waals surface area contributed by atoms with Gasteiger partial charge in [0.15, 0.2) is 0 Å². The summed E-state index contributed by atoms with van der Waals surface area (Å²) in [4.78, 5) is 29.4. The molecule has 2 N–H and O–H groups in total. The Morgan fingerprint density at radius 2 is 0.972 bits per heavy atom. The molecule has 9 nitrogen and oxygen atoms in total. The summed E-state index contributed by atoms with van der Waals surface area (Å²) in [7, 11) is 0. The van der Waals surface area contributed by atoms with Gasteiger partial charge in [0.1, 0.15) is 36.1 Å². The van der Waals surface area contributed by atoms with Gasteiger partial charge in [0.05, 0.1) is 26.4 Å². The molecule has 0 fully saturated rings. The number of aromatic nitrogens is 1. The van der Waals surface area contributed by atoms with Gasteiger partial charge >= 0.3 is 0 Å². The Morgan fingerprint density at radius 3 is 1.42 bits per heavy atom. The normalized spacial score (nSPS) is 16.2. The van der Waals surface area contributed by atoms with E-state index in [1.165, 1.54) is 0 Å². The van der Waals surface area contributed by atoms with Gasteiger partial charge in [-0.1, -0.05) is 30.3 Å².